The largest absolute Gasteiger partial charge is 0.493 e. The van der Waals surface area contributed by atoms with Crippen LogP contribution < -0.4 is 9.47 Å². The lowest BCUT2D eigenvalue weighted by molar-refractivity contribution is 0.200. The Morgan fingerprint density at radius 1 is 1.21 bits per heavy atom. The summed E-state index contributed by atoms with van der Waals surface area (Å²) in [6, 6.07) is 13.9. The molecule has 3 rings (SSSR count). The maximum atomic E-state index is 9.49. The molecule has 4 nitrogen and oxygen atoms in total. The van der Waals surface area contributed by atoms with Crippen LogP contribution in [0.4, 0.5) is 0 Å². The summed E-state index contributed by atoms with van der Waals surface area (Å²) in [5.41, 5.74) is 1.86. The summed E-state index contributed by atoms with van der Waals surface area (Å²) in [7, 11) is 1.66. The summed E-state index contributed by atoms with van der Waals surface area (Å²) in [5.74, 6) is 1.26. The molecule has 1 aliphatic rings. The summed E-state index contributed by atoms with van der Waals surface area (Å²) >= 11 is 0. The molecule has 1 aromatic heterocycles. The topological polar surface area (TPSA) is 55.1 Å². The number of hydrogen-bond acceptors (Lipinski definition) is 4. The number of rotatable bonds is 6. The first-order valence-corrected chi connectivity index (χ1v) is 8.44. The van der Waals surface area contributed by atoms with Crippen molar-refractivity contribution in [1.82, 2.24) is 4.98 Å². The Balaban J connectivity index is 1.79. The number of nitriles is 1. The number of aromatic nitrogens is 1. The van der Waals surface area contributed by atoms with Gasteiger partial charge in [-0.2, -0.15) is 5.26 Å². The van der Waals surface area contributed by atoms with Crippen molar-refractivity contribution in [3.05, 3.63) is 53.9 Å². The van der Waals surface area contributed by atoms with Gasteiger partial charge in [-0.15, -0.1) is 0 Å². The molecule has 0 spiro atoms. The highest BCUT2D eigenvalue weighted by molar-refractivity contribution is 5.44. The Bertz CT molecular complexity index is 703. The van der Waals surface area contributed by atoms with E-state index in [9.17, 15) is 5.26 Å². The Morgan fingerprint density at radius 3 is 2.71 bits per heavy atom. The Kier molecular flexibility index (Phi) is 5.32. The van der Waals surface area contributed by atoms with Crippen molar-refractivity contribution in [3.63, 3.8) is 0 Å². The van der Waals surface area contributed by atoms with Gasteiger partial charge >= 0.3 is 0 Å². The highest BCUT2D eigenvalue weighted by Gasteiger charge is 2.19. The van der Waals surface area contributed by atoms with Gasteiger partial charge in [0.1, 0.15) is 0 Å². The fraction of sp³-hybridized carbons (Fsp3) is 0.400. The molecule has 124 valence electrons. The molecule has 1 unspecified atom stereocenters. The quantitative estimate of drug-likeness (QED) is 0.797. The van der Waals surface area contributed by atoms with Gasteiger partial charge in [0.25, 0.3) is 0 Å². The predicted octanol–water partition coefficient (Wildman–Crippen LogP) is 4.26. The SMILES string of the molecule is COc1ccc(CC(C#N)c2ccccn2)cc1OC1CCCC1. The van der Waals surface area contributed by atoms with E-state index < -0.39 is 0 Å². The molecule has 0 amide bonds. The van der Waals surface area contributed by atoms with E-state index in [0.29, 0.717) is 6.42 Å². The molecule has 1 aromatic carbocycles. The van der Waals surface area contributed by atoms with E-state index in [-0.39, 0.29) is 12.0 Å². The van der Waals surface area contributed by atoms with Crippen LogP contribution in [-0.4, -0.2) is 18.2 Å². The Morgan fingerprint density at radius 2 is 2.04 bits per heavy atom. The molecule has 1 fully saturated rings. The van der Waals surface area contributed by atoms with Crippen molar-refractivity contribution in [2.24, 2.45) is 0 Å². The van der Waals surface area contributed by atoms with Crippen LogP contribution in [0.15, 0.2) is 42.6 Å². The lowest BCUT2D eigenvalue weighted by Crippen LogP contribution is -2.12. The van der Waals surface area contributed by atoms with E-state index in [4.69, 9.17) is 9.47 Å². The average Bonchev–Trinajstić information content (AvgIpc) is 3.14. The normalized spacial score (nSPS) is 15.7. The molecule has 1 atom stereocenters. The molecule has 0 radical (unpaired) electrons. The van der Waals surface area contributed by atoms with Crippen molar-refractivity contribution < 1.29 is 9.47 Å². The average molecular weight is 322 g/mol. The summed E-state index contributed by atoms with van der Waals surface area (Å²) in [6.45, 7) is 0. The smallest absolute Gasteiger partial charge is 0.161 e. The molecular weight excluding hydrogens is 300 g/mol. The third-order valence-corrected chi connectivity index (χ3v) is 4.46. The van der Waals surface area contributed by atoms with Gasteiger partial charge in [0, 0.05) is 6.20 Å². The van der Waals surface area contributed by atoms with Gasteiger partial charge in [-0.1, -0.05) is 12.1 Å². The van der Waals surface area contributed by atoms with Crippen molar-refractivity contribution in [2.45, 2.75) is 44.1 Å². The first kappa shape index (κ1) is 16.3. The maximum Gasteiger partial charge on any atom is 0.161 e. The van der Waals surface area contributed by atoms with Gasteiger partial charge in [-0.25, -0.2) is 0 Å². The third kappa shape index (κ3) is 3.86. The van der Waals surface area contributed by atoms with Crippen LogP contribution in [-0.2, 0) is 6.42 Å². The molecular formula is C20H22N2O2. The number of hydrogen-bond donors (Lipinski definition) is 0. The second-order valence-corrected chi connectivity index (χ2v) is 6.15. The van der Waals surface area contributed by atoms with E-state index in [0.717, 1.165) is 35.6 Å². The number of pyridine rings is 1. The second-order valence-electron chi connectivity index (χ2n) is 6.15. The second kappa shape index (κ2) is 7.83. The lowest BCUT2D eigenvalue weighted by atomic mass is 9.97. The van der Waals surface area contributed by atoms with E-state index in [1.165, 1.54) is 12.8 Å². The molecule has 1 saturated carbocycles. The molecule has 24 heavy (non-hydrogen) atoms. The molecule has 1 heterocycles. The van der Waals surface area contributed by atoms with Crippen LogP contribution in [0.25, 0.3) is 0 Å². The maximum absolute atomic E-state index is 9.49. The third-order valence-electron chi connectivity index (χ3n) is 4.46. The van der Waals surface area contributed by atoms with Gasteiger partial charge in [0.05, 0.1) is 30.9 Å². The number of nitrogens with zero attached hydrogens (tertiary/aromatic N) is 2. The molecule has 0 aliphatic heterocycles. The van der Waals surface area contributed by atoms with Crippen LogP contribution in [0.2, 0.25) is 0 Å². The van der Waals surface area contributed by atoms with E-state index in [1.807, 2.05) is 36.4 Å². The monoisotopic (exact) mass is 322 g/mol. The Labute approximate surface area is 143 Å². The van der Waals surface area contributed by atoms with E-state index in [1.54, 1.807) is 13.3 Å². The van der Waals surface area contributed by atoms with Crippen molar-refractivity contribution in [3.8, 4) is 17.6 Å². The Hall–Kier alpha value is -2.54. The van der Waals surface area contributed by atoms with Crippen LogP contribution >= 0.6 is 0 Å². The highest BCUT2D eigenvalue weighted by atomic mass is 16.5. The standard InChI is InChI=1S/C20H22N2O2/c1-23-19-10-9-15(13-20(19)24-17-6-2-3-7-17)12-16(14-21)18-8-4-5-11-22-18/h4-5,8-11,13,16-17H,2-3,6-7,12H2,1H3. The number of methoxy groups -OCH3 is 1. The first-order valence-electron chi connectivity index (χ1n) is 8.44. The van der Waals surface area contributed by atoms with E-state index in [2.05, 4.69) is 11.1 Å². The van der Waals surface area contributed by atoms with Crippen molar-refractivity contribution >= 4 is 0 Å². The van der Waals surface area contributed by atoms with E-state index >= 15 is 0 Å². The van der Waals surface area contributed by atoms with Crippen molar-refractivity contribution in [1.29, 1.82) is 5.26 Å². The van der Waals surface area contributed by atoms with Gasteiger partial charge in [-0.3, -0.25) is 4.98 Å². The zero-order chi connectivity index (χ0) is 16.8. The van der Waals surface area contributed by atoms with Crippen LogP contribution in [0, 0.1) is 11.3 Å². The fourth-order valence-electron chi connectivity index (χ4n) is 3.16. The number of ether oxygens (including phenoxy) is 2. The zero-order valence-corrected chi connectivity index (χ0v) is 13.9. The van der Waals surface area contributed by atoms with Gasteiger partial charge in [-0.05, 0) is 61.9 Å². The minimum atomic E-state index is -0.265. The predicted molar refractivity (Wildman–Crippen MR) is 92.2 cm³/mol. The summed E-state index contributed by atoms with van der Waals surface area (Å²) in [5, 5.41) is 9.49. The molecule has 1 aliphatic carbocycles. The molecule has 0 bridgehead atoms. The van der Waals surface area contributed by atoms with Crippen LogP contribution in [0.3, 0.4) is 0 Å². The molecule has 0 saturated heterocycles. The fourth-order valence-corrected chi connectivity index (χ4v) is 3.16. The minimum absolute atomic E-state index is 0.265. The lowest BCUT2D eigenvalue weighted by Gasteiger charge is -2.17. The molecule has 2 aromatic rings. The van der Waals surface area contributed by atoms with Crippen molar-refractivity contribution in [2.75, 3.05) is 7.11 Å². The molecule has 4 heteroatoms. The van der Waals surface area contributed by atoms with Crippen LogP contribution in [0.1, 0.15) is 42.9 Å². The minimum Gasteiger partial charge on any atom is -0.493 e. The zero-order valence-electron chi connectivity index (χ0n) is 13.9. The highest BCUT2D eigenvalue weighted by Crippen LogP contribution is 2.33. The summed E-state index contributed by atoms with van der Waals surface area (Å²) < 4.78 is 11.6. The first-order chi connectivity index (χ1) is 11.8. The number of benzene rings is 1. The van der Waals surface area contributed by atoms with Crippen LogP contribution in [0.5, 0.6) is 11.5 Å². The summed E-state index contributed by atoms with van der Waals surface area (Å²) in [4.78, 5) is 4.31. The van der Waals surface area contributed by atoms with Gasteiger partial charge in [0.15, 0.2) is 11.5 Å². The van der Waals surface area contributed by atoms with Gasteiger partial charge < -0.3 is 9.47 Å². The molecule has 0 N–H and O–H groups in total. The van der Waals surface area contributed by atoms with Gasteiger partial charge in [0.2, 0.25) is 0 Å². The summed E-state index contributed by atoms with van der Waals surface area (Å²) in [6.07, 6.45) is 7.26.